The van der Waals surface area contributed by atoms with Gasteiger partial charge in [0.15, 0.2) is 5.69 Å². The number of nitriles is 1. The van der Waals surface area contributed by atoms with Crippen molar-refractivity contribution in [2.24, 2.45) is 12.5 Å². The Morgan fingerprint density at radius 3 is 2.65 bits per heavy atom. The molecule has 9 nitrogen and oxygen atoms in total. The number of aryl methyl sites for hydroxylation is 1. The summed E-state index contributed by atoms with van der Waals surface area (Å²) in [6.45, 7) is 5.68. The molecule has 220 valence electrons. The molecular weight excluding hydrogens is 547 g/mol. The molecule has 0 spiro atoms. The Hall–Kier alpha value is -4.46. The third-order valence-electron chi connectivity index (χ3n) is 9.04. The van der Waals surface area contributed by atoms with Crippen LogP contribution in [0.15, 0.2) is 54.9 Å². The minimum atomic E-state index is -1.43. The van der Waals surface area contributed by atoms with Gasteiger partial charge in [-0.3, -0.25) is 29.5 Å². The number of imide groups is 1. The maximum atomic E-state index is 16.2. The Kier molecular flexibility index (Phi) is 7.11. The lowest BCUT2D eigenvalue weighted by Crippen LogP contribution is -2.55. The van der Waals surface area contributed by atoms with Crippen molar-refractivity contribution < 1.29 is 19.1 Å². The van der Waals surface area contributed by atoms with Crippen LogP contribution in [0.2, 0.25) is 0 Å². The Balaban J connectivity index is 1.22. The first-order valence-electron chi connectivity index (χ1n) is 14.4. The van der Waals surface area contributed by atoms with Crippen LogP contribution >= 0.6 is 0 Å². The summed E-state index contributed by atoms with van der Waals surface area (Å²) in [5, 5.41) is 28.3. The molecule has 2 aliphatic rings. The fourth-order valence-electron chi connectivity index (χ4n) is 6.59. The first-order valence-corrected chi connectivity index (χ1v) is 14.4. The van der Waals surface area contributed by atoms with Crippen molar-refractivity contribution in [1.82, 2.24) is 25.0 Å². The van der Waals surface area contributed by atoms with Crippen LogP contribution in [0.4, 0.5) is 4.39 Å². The van der Waals surface area contributed by atoms with Crippen LogP contribution in [0.5, 0.6) is 0 Å². The van der Waals surface area contributed by atoms with Gasteiger partial charge in [-0.1, -0.05) is 44.2 Å². The Morgan fingerprint density at radius 2 is 1.95 bits per heavy atom. The van der Waals surface area contributed by atoms with Gasteiger partial charge < -0.3 is 5.11 Å². The number of nitrogens with zero attached hydrogens (tertiary/aromatic N) is 5. The Bertz CT molecular complexity index is 1790. The summed E-state index contributed by atoms with van der Waals surface area (Å²) in [4.78, 5) is 30.7. The van der Waals surface area contributed by atoms with E-state index in [-0.39, 0.29) is 23.3 Å². The van der Waals surface area contributed by atoms with E-state index in [0.717, 1.165) is 16.7 Å². The van der Waals surface area contributed by atoms with Crippen molar-refractivity contribution in [1.29, 1.82) is 5.26 Å². The van der Waals surface area contributed by atoms with Crippen LogP contribution in [0.25, 0.3) is 22.0 Å². The van der Waals surface area contributed by atoms with Crippen LogP contribution < -0.4 is 5.32 Å². The lowest BCUT2D eigenvalue weighted by atomic mass is 9.66. The number of aromatic nitrogens is 3. The first-order chi connectivity index (χ1) is 20.5. The summed E-state index contributed by atoms with van der Waals surface area (Å²) in [5.74, 6) is -1.83. The summed E-state index contributed by atoms with van der Waals surface area (Å²) in [5.41, 5.74) is 2.28. The van der Waals surface area contributed by atoms with Crippen LogP contribution in [-0.4, -0.2) is 49.7 Å². The Morgan fingerprint density at radius 1 is 1.19 bits per heavy atom. The second kappa shape index (κ2) is 10.7. The van der Waals surface area contributed by atoms with E-state index >= 15 is 4.39 Å². The molecule has 2 amide bonds. The highest BCUT2D eigenvalue weighted by atomic mass is 19.1. The van der Waals surface area contributed by atoms with Gasteiger partial charge in [0.1, 0.15) is 11.9 Å². The normalized spacial score (nSPS) is 22.4. The van der Waals surface area contributed by atoms with Gasteiger partial charge in [-0.15, -0.1) is 0 Å². The van der Waals surface area contributed by atoms with Gasteiger partial charge in [0.2, 0.25) is 11.8 Å². The molecule has 4 heterocycles. The number of likely N-dealkylation sites (tertiary alicyclic amines) is 1. The zero-order chi connectivity index (χ0) is 30.5. The van der Waals surface area contributed by atoms with E-state index in [9.17, 15) is 20.0 Å². The molecule has 0 bridgehead atoms. The quantitative estimate of drug-likeness (QED) is 0.338. The van der Waals surface area contributed by atoms with Crippen LogP contribution in [0, 0.1) is 22.6 Å². The number of pyridine rings is 1. The smallest absolute Gasteiger partial charge is 0.234 e. The zero-order valence-electron chi connectivity index (χ0n) is 24.4. The van der Waals surface area contributed by atoms with E-state index in [2.05, 4.69) is 26.4 Å². The number of piperidine rings is 2. The molecule has 6 rings (SSSR count). The number of hydrogen-bond acceptors (Lipinski definition) is 7. The van der Waals surface area contributed by atoms with Crippen molar-refractivity contribution in [3.63, 3.8) is 0 Å². The van der Waals surface area contributed by atoms with E-state index in [1.807, 2.05) is 44.3 Å². The standard InChI is InChI=1S/C33H33FN6O3/c1-32(2)19-40(17-20-4-6-21(7-5-20)25-18-39(3)38-28(25)15-35)13-12-33(32,43)26-9-10-27-24(30(26)34)14-22(16-36-27)23-8-11-29(41)37-31(23)42/h4-7,9-10,14,16,18,23,43H,8,11-13,17,19H2,1-3H3,(H,37,41,42)/t23?,33-/m0/s1. The van der Waals surface area contributed by atoms with Gasteiger partial charge in [-0.2, -0.15) is 10.4 Å². The lowest BCUT2D eigenvalue weighted by molar-refractivity contribution is -0.134. The van der Waals surface area contributed by atoms with Gasteiger partial charge in [0.25, 0.3) is 0 Å². The highest BCUT2D eigenvalue weighted by Gasteiger charge is 2.50. The van der Waals surface area contributed by atoms with Gasteiger partial charge >= 0.3 is 0 Å². The summed E-state index contributed by atoms with van der Waals surface area (Å²) in [7, 11) is 1.79. The molecule has 2 aromatic heterocycles. The van der Waals surface area contributed by atoms with Crippen molar-refractivity contribution in [2.45, 2.75) is 51.2 Å². The van der Waals surface area contributed by atoms with Crippen LogP contribution in [-0.2, 0) is 28.8 Å². The number of amides is 2. The highest BCUT2D eigenvalue weighted by Crippen LogP contribution is 2.48. The molecule has 0 saturated carbocycles. The molecular formula is C33H33FN6O3. The average Bonchev–Trinajstić information content (AvgIpc) is 3.36. The summed E-state index contributed by atoms with van der Waals surface area (Å²) in [6, 6.07) is 15.1. The third kappa shape index (κ3) is 5.09. The minimum absolute atomic E-state index is 0.220. The molecule has 2 fully saturated rings. The second-order valence-corrected chi connectivity index (χ2v) is 12.3. The molecule has 0 aliphatic carbocycles. The summed E-state index contributed by atoms with van der Waals surface area (Å²) in [6.07, 6.45) is 4.29. The molecule has 10 heteroatoms. The predicted molar refractivity (Wildman–Crippen MR) is 158 cm³/mol. The summed E-state index contributed by atoms with van der Waals surface area (Å²) < 4.78 is 17.9. The predicted octanol–water partition coefficient (Wildman–Crippen LogP) is 4.29. The lowest BCUT2D eigenvalue weighted by Gasteiger charge is -2.50. The molecule has 2 saturated heterocycles. The number of carbonyl (C=O) groups excluding carboxylic acids is 2. The number of benzene rings is 2. The minimum Gasteiger partial charge on any atom is -0.384 e. The summed E-state index contributed by atoms with van der Waals surface area (Å²) >= 11 is 0. The highest BCUT2D eigenvalue weighted by molar-refractivity contribution is 6.01. The number of rotatable bonds is 5. The van der Waals surface area contributed by atoms with Crippen LogP contribution in [0.1, 0.15) is 61.4 Å². The van der Waals surface area contributed by atoms with Gasteiger partial charge in [0.05, 0.1) is 17.0 Å². The van der Waals surface area contributed by atoms with Crippen molar-refractivity contribution >= 4 is 22.7 Å². The molecule has 1 unspecified atom stereocenters. The number of hydrogen-bond donors (Lipinski definition) is 2. The number of halogens is 1. The first kappa shape index (κ1) is 28.6. The van der Waals surface area contributed by atoms with Crippen molar-refractivity contribution in [2.75, 3.05) is 13.1 Å². The fourth-order valence-corrected chi connectivity index (χ4v) is 6.59. The number of nitrogens with one attached hydrogen (secondary N) is 1. The SMILES string of the molecule is Cn1cc(-c2ccc(CN3CC[C@](O)(c4ccc5ncc(C6CCC(=O)NC6=O)cc5c4F)C(C)(C)C3)cc2)c(C#N)n1. The van der Waals surface area contributed by atoms with Gasteiger partial charge in [0, 0.05) is 67.4 Å². The van der Waals surface area contributed by atoms with Gasteiger partial charge in [-0.25, -0.2) is 4.39 Å². The number of aliphatic hydroxyl groups is 1. The topological polar surface area (TPSA) is 124 Å². The van der Waals surface area contributed by atoms with Crippen molar-refractivity contribution in [3.8, 4) is 17.2 Å². The molecule has 0 radical (unpaired) electrons. The zero-order valence-corrected chi connectivity index (χ0v) is 24.4. The van der Waals surface area contributed by atoms with E-state index in [0.29, 0.717) is 49.2 Å². The van der Waals surface area contributed by atoms with E-state index in [1.165, 1.54) is 0 Å². The molecule has 2 aromatic carbocycles. The van der Waals surface area contributed by atoms with Gasteiger partial charge in [-0.05, 0) is 41.7 Å². The second-order valence-electron chi connectivity index (χ2n) is 12.3. The number of carbonyl (C=O) groups is 2. The van der Waals surface area contributed by atoms with Crippen molar-refractivity contribution in [3.05, 3.63) is 83.1 Å². The molecule has 43 heavy (non-hydrogen) atoms. The fraction of sp³-hybridized carbons (Fsp3) is 0.364. The third-order valence-corrected chi connectivity index (χ3v) is 9.04. The maximum Gasteiger partial charge on any atom is 0.234 e. The molecule has 2 atom stereocenters. The average molecular weight is 581 g/mol. The monoisotopic (exact) mass is 580 g/mol. The molecule has 2 aliphatic heterocycles. The van der Waals surface area contributed by atoms with E-state index in [1.54, 1.807) is 36.1 Å². The Labute approximate surface area is 249 Å². The van der Waals surface area contributed by atoms with E-state index < -0.39 is 28.7 Å². The largest absolute Gasteiger partial charge is 0.384 e. The maximum absolute atomic E-state index is 16.2. The molecule has 2 N–H and O–H groups in total. The number of fused-ring (bicyclic) bond motifs is 1. The van der Waals surface area contributed by atoms with E-state index in [4.69, 9.17) is 0 Å². The molecule has 4 aromatic rings. The van der Waals surface area contributed by atoms with Crippen LogP contribution in [0.3, 0.4) is 0 Å².